The third-order valence-electron chi connectivity index (χ3n) is 4.31. The van der Waals surface area contributed by atoms with E-state index < -0.39 is 0 Å². The van der Waals surface area contributed by atoms with Gasteiger partial charge in [-0.1, -0.05) is 19.1 Å². The van der Waals surface area contributed by atoms with Crippen molar-refractivity contribution in [1.82, 2.24) is 4.90 Å². The van der Waals surface area contributed by atoms with Gasteiger partial charge in [0.25, 0.3) is 5.69 Å². The fraction of sp³-hybridized carbons (Fsp3) is 0.625. The Balaban J connectivity index is 2.29. The monoisotopic (exact) mass is 291 g/mol. The van der Waals surface area contributed by atoms with Crippen LogP contribution in [0.1, 0.15) is 45.6 Å². The molecule has 116 valence electrons. The lowest BCUT2D eigenvalue weighted by Crippen LogP contribution is -2.37. The number of para-hydroxylation sites is 1. The quantitative estimate of drug-likeness (QED) is 0.640. The van der Waals surface area contributed by atoms with Gasteiger partial charge in [0.15, 0.2) is 0 Å². The van der Waals surface area contributed by atoms with Crippen LogP contribution >= 0.6 is 0 Å². The fourth-order valence-corrected chi connectivity index (χ4v) is 2.99. The maximum absolute atomic E-state index is 11.3. The molecule has 0 unspecified atom stereocenters. The van der Waals surface area contributed by atoms with E-state index in [4.69, 9.17) is 0 Å². The average Bonchev–Trinajstić information content (AvgIpc) is 2.76. The minimum Gasteiger partial charge on any atom is -0.379 e. The highest BCUT2D eigenvalue weighted by Gasteiger charge is 2.32. The number of nitro benzene ring substituents is 1. The van der Waals surface area contributed by atoms with Crippen LogP contribution < -0.4 is 5.32 Å². The Morgan fingerprint density at radius 2 is 2.19 bits per heavy atom. The summed E-state index contributed by atoms with van der Waals surface area (Å²) in [5, 5.41) is 14.5. The number of likely N-dealkylation sites (tertiary alicyclic amines) is 1. The van der Waals surface area contributed by atoms with E-state index in [1.165, 1.54) is 12.8 Å². The standard InChI is InChI=1S/C16H25N3O2/c1-4-10-17-15-13(7-5-8-14(15)19(20)21)12-18-11-6-9-16(18,2)3/h5,7-8,17H,4,6,9-12H2,1-3H3. The highest BCUT2D eigenvalue weighted by Crippen LogP contribution is 2.34. The largest absolute Gasteiger partial charge is 0.379 e. The molecule has 0 spiro atoms. The molecule has 1 aromatic rings. The van der Waals surface area contributed by atoms with Gasteiger partial charge in [-0.25, -0.2) is 0 Å². The van der Waals surface area contributed by atoms with Crippen molar-refractivity contribution in [2.24, 2.45) is 0 Å². The first-order valence-corrected chi connectivity index (χ1v) is 7.71. The zero-order chi connectivity index (χ0) is 15.5. The second-order valence-corrected chi connectivity index (χ2v) is 6.33. The van der Waals surface area contributed by atoms with E-state index in [2.05, 4.69) is 31.0 Å². The lowest BCUT2D eigenvalue weighted by Gasteiger charge is -2.32. The number of nitro groups is 1. The Bertz CT molecular complexity index is 514. The van der Waals surface area contributed by atoms with Gasteiger partial charge in [-0.3, -0.25) is 15.0 Å². The summed E-state index contributed by atoms with van der Waals surface area (Å²) in [4.78, 5) is 13.4. The molecule has 1 N–H and O–H groups in total. The molecule has 1 aliphatic rings. The topological polar surface area (TPSA) is 58.4 Å². The van der Waals surface area contributed by atoms with Crippen molar-refractivity contribution in [3.8, 4) is 0 Å². The molecule has 0 radical (unpaired) electrons. The molecule has 0 aromatic heterocycles. The second-order valence-electron chi connectivity index (χ2n) is 6.33. The van der Waals surface area contributed by atoms with Crippen LogP contribution in [0, 0.1) is 10.1 Å². The lowest BCUT2D eigenvalue weighted by molar-refractivity contribution is -0.384. The van der Waals surface area contributed by atoms with Crippen LogP contribution in [-0.2, 0) is 6.54 Å². The van der Waals surface area contributed by atoms with Crippen LogP contribution in [0.5, 0.6) is 0 Å². The van der Waals surface area contributed by atoms with Crippen molar-refractivity contribution in [2.45, 2.75) is 52.1 Å². The molecule has 1 aromatic carbocycles. The molecule has 0 saturated carbocycles. The van der Waals surface area contributed by atoms with E-state index in [9.17, 15) is 10.1 Å². The normalized spacial score (nSPS) is 17.9. The third-order valence-corrected chi connectivity index (χ3v) is 4.31. The molecule has 1 fully saturated rings. The van der Waals surface area contributed by atoms with Gasteiger partial charge < -0.3 is 5.32 Å². The third kappa shape index (κ3) is 3.53. The molecule has 0 bridgehead atoms. The summed E-state index contributed by atoms with van der Waals surface area (Å²) in [7, 11) is 0. The maximum atomic E-state index is 11.3. The predicted molar refractivity (Wildman–Crippen MR) is 85.6 cm³/mol. The summed E-state index contributed by atoms with van der Waals surface area (Å²) in [5.41, 5.74) is 2.06. The second kappa shape index (κ2) is 6.43. The number of rotatable bonds is 6. The SMILES string of the molecule is CCCNc1c(CN2CCCC2(C)C)cccc1[N+](=O)[O-]. The zero-order valence-electron chi connectivity index (χ0n) is 13.2. The molecule has 2 rings (SSSR count). The molecule has 5 heteroatoms. The van der Waals surface area contributed by atoms with Crippen molar-refractivity contribution in [3.63, 3.8) is 0 Å². The minimum atomic E-state index is -0.295. The molecule has 0 amide bonds. The Kier molecular flexibility index (Phi) is 4.83. The first kappa shape index (κ1) is 15.8. The van der Waals surface area contributed by atoms with Crippen molar-refractivity contribution in [3.05, 3.63) is 33.9 Å². The minimum absolute atomic E-state index is 0.173. The Morgan fingerprint density at radius 1 is 1.43 bits per heavy atom. The van der Waals surface area contributed by atoms with Crippen LogP contribution in [0.2, 0.25) is 0 Å². The van der Waals surface area contributed by atoms with Gasteiger partial charge >= 0.3 is 0 Å². The summed E-state index contributed by atoms with van der Waals surface area (Å²) >= 11 is 0. The van der Waals surface area contributed by atoms with Crippen LogP contribution in [0.4, 0.5) is 11.4 Å². The van der Waals surface area contributed by atoms with E-state index in [0.717, 1.165) is 31.6 Å². The number of anilines is 1. The van der Waals surface area contributed by atoms with Crippen molar-refractivity contribution in [2.75, 3.05) is 18.4 Å². The van der Waals surface area contributed by atoms with E-state index in [1.807, 2.05) is 6.07 Å². The first-order chi connectivity index (χ1) is 9.95. The van der Waals surface area contributed by atoms with Gasteiger partial charge in [0.1, 0.15) is 5.69 Å². The first-order valence-electron chi connectivity index (χ1n) is 7.71. The van der Waals surface area contributed by atoms with Crippen molar-refractivity contribution in [1.29, 1.82) is 0 Å². The van der Waals surface area contributed by atoms with Crippen LogP contribution in [-0.4, -0.2) is 28.5 Å². The molecular weight excluding hydrogens is 266 g/mol. The summed E-state index contributed by atoms with van der Waals surface area (Å²) in [6.45, 7) is 9.13. The summed E-state index contributed by atoms with van der Waals surface area (Å²) in [6.07, 6.45) is 3.32. The Labute approximate surface area is 126 Å². The van der Waals surface area contributed by atoms with E-state index in [0.29, 0.717) is 5.69 Å². The van der Waals surface area contributed by atoms with Gasteiger partial charge in [0.05, 0.1) is 4.92 Å². The Morgan fingerprint density at radius 3 is 2.76 bits per heavy atom. The van der Waals surface area contributed by atoms with Gasteiger partial charge in [-0.05, 0) is 45.2 Å². The number of benzene rings is 1. The van der Waals surface area contributed by atoms with Gasteiger partial charge in [-0.15, -0.1) is 0 Å². The molecule has 5 nitrogen and oxygen atoms in total. The van der Waals surface area contributed by atoms with E-state index in [1.54, 1.807) is 12.1 Å². The van der Waals surface area contributed by atoms with Gasteiger partial charge in [0, 0.05) is 24.7 Å². The summed E-state index contributed by atoms with van der Waals surface area (Å²) in [6, 6.07) is 5.36. The lowest BCUT2D eigenvalue weighted by atomic mass is 10.0. The predicted octanol–water partition coefficient (Wildman–Crippen LogP) is 3.79. The molecule has 21 heavy (non-hydrogen) atoms. The summed E-state index contributed by atoms with van der Waals surface area (Å²) in [5.74, 6) is 0. The van der Waals surface area contributed by atoms with Crippen LogP contribution in [0.15, 0.2) is 18.2 Å². The molecular formula is C16H25N3O2. The molecule has 1 saturated heterocycles. The molecule has 1 heterocycles. The zero-order valence-corrected chi connectivity index (χ0v) is 13.2. The average molecular weight is 291 g/mol. The van der Waals surface area contributed by atoms with E-state index in [-0.39, 0.29) is 16.1 Å². The van der Waals surface area contributed by atoms with E-state index >= 15 is 0 Å². The van der Waals surface area contributed by atoms with Gasteiger partial charge in [0.2, 0.25) is 0 Å². The number of hydrogen-bond acceptors (Lipinski definition) is 4. The highest BCUT2D eigenvalue weighted by atomic mass is 16.6. The number of hydrogen-bond donors (Lipinski definition) is 1. The van der Waals surface area contributed by atoms with Crippen molar-refractivity contribution < 1.29 is 4.92 Å². The Hall–Kier alpha value is -1.62. The highest BCUT2D eigenvalue weighted by molar-refractivity contribution is 5.66. The molecule has 0 atom stereocenters. The number of nitrogens with one attached hydrogen (secondary N) is 1. The molecule has 0 aliphatic carbocycles. The summed E-state index contributed by atoms with van der Waals surface area (Å²) < 4.78 is 0. The fourth-order valence-electron chi connectivity index (χ4n) is 2.99. The van der Waals surface area contributed by atoms with Gasteiger partial charge in [-0.2, -0.15) is 0 Å². The van der Waals surface area contributed by atoms with Crippen LogP contribution in [0.3, 0.4) is 0 Å². The molecule has 1 aliphatic heterocycles. The smallest absolute Gasteiger partial charge is 0.292 e. The maximum Gasteiger partial charge on any atom is 0.292 e. The van der Waals surface area contributed by atoms with Crippen molar-refractivity contribution >= 4 is 11.4 Å². The number of nitrogens with zero attached hydrogens (tertiary/aromatic N) is 2. The van der Waals surface area contributed by atoms with Crippen LogP contribution in [0.25, 0.3) is 0 Å².